The highest BCUT2D eigenvalue weighted by atomic mass is 16.1. The zero-order valence-corrected chi connectivity index (χ0v) is 21.5. The Bertz CT molecular complexity index is 1490. The highest BCUT2D eigenvalue weighted by Crippen LogP contribution is 2.28. The van der Waals surface area contributed by atoms with Crippen molar-refractivity contribution in [3.05, 3.63) is 52.2 Å². The molecular formula is C26H30N12O. The number of anilines is 3. The van der Waals surface area contributed by atoms with E-state index in [1.165, 1.54) is 5.56 Å². The van der Waals surface area contributed by atoms with E-state index in [9.17, 15) is 4.79 Å². The molecular weight excluding hydrogens is 496 g/mol. The number of rotatable bonds is 7. The second kappa shape index (κ2) is 11.1. The Labute approximate surface area is 224 Å². The van der Waals surface area contributed by atoms with Crippen LogP contribution in [-0.2, 0) is 6.54 Å². The average Bonchev–Trinajstić information content (AvgIpc) is 3.50. The van der Waals surface area contributed by atoms with E-state index in [0.29, 0.717) is 40.9 Å². The summed E-state index contributed by atoms with van der Waals surface area (Å²) in [7, 11) is 0. The highest BCUT2D eigenvalue weighted by molar-refractivity contribution is 5.90. The van der Waals surface area contributed by atoms with Gasteiger partial charge in [-0.1, -0.05) is 17.3 Å². The van der Waals surface area contributed by atoms with Crippen molar-refractivity contribution in [2.45, 2.75) is 44.6 Å². The van der Waals surface area contributed by atoms with E-state index in [1.54, 1.807) is 6.20 Å². The second-order valence-corrected chi connectivity index (χ2v) is 10.3. The number of piperidine rings is 2. The van der Waals surface area contributed by atoms with Gasteiger partial charge in [-0.2, -0.15) is 20.6 Å². The number of hydrogen-bond acceptors (Lipinski definition) is 11. The third kappa shape index (κ3) is 5.56. The molecule has 13 heteroatoms. The van der Waals surface area contributed by atoms with E-state index < -0.39 is 0 Å². The molecule has 1 aromatic carbocycles. The number of hydrogen-bond donors (Lipinski definition) is 3. The van der Waals surface area contributed by atoms with Crippen molar-refractivity contribution in [2.24, 2.45) is 5.92 Å². The topological polar surface area (TPSA) is 168 Å². The first-order chi connectivity index (χ1) is 19.2. The maximum absolute atomic E-state index is 12.7. The zero-order chi connectivity index (χ0) is 26.6. The molecule has 0 unspecified atom stereocenters. The fraction of sp³-hybridized carbons (Fsp3) is 0.462. The minimum Gasteiger partial charge on any atom is -0.341 e. The second-order valence-electron chi connectivity index (χ2n) is 10.3. The minimum atomic E-state index is -0.338. The van der Waals surface area contributed by atoms with Crippen molar-refractivity contribution in [1.29, 1.82) is 5.26 Å². The first-order valence-electron chi connectivity index (χ1n) is 13.4. The molecule has 3 aromatic heterocycles. The van der Waals surface area contributed by atoms with Gasteiger partial charge in [-0.3, -0.25) is 9.69 Å². The summed E-state index contributed by atoms with van der Waals surface area (Å²) < 4.78 is 0. The third-order valence-corrected chi connectivity index (χ3v) is 7.72. The van der Waals surface area contributed by atoms with Crippen LogP contribution < -0.4 is 15.8 Å². The molecule has 0 spiro atoms. The van der Waals surface area contributed by atoms with Crippen molar-refractivity contribution < 1.29 is 0 Å². The lowest BCUT2D eigenvalue weighted by Gasteiger charge is -2.31. The quantitative estimate of drug-likeness (QED) is 0.323. The molecule has 2 saturated heterocycles. The van der Waals surface area contributed by atoms with Gasteiger partial charge in [0.25, 0.3) is 5.56 Å². The van der Waals surface area contributed by atoms with Crippen LogP contribution in [0.15, 0.2) is 35.3 Å². The lowest BCUT2D eigenvalue weighted by atomic mass is 9.94. The number of nitrogens with zero attached hydrogens (tertiary/aromatic N) is 9. The maximum Gasteiger partial charge on any atom is 0.277 e. The fourth-order valence-corrected chi connectivity index (χ4v) is 5.47. The van der Waals surface area contributed by atoms with Crippen molar-refractivity contribution in [3.63, 3.8) is 0 Å². The van der Waals surface area contributed by atoms with Gasteiger partial charge in [0.05, 0.1) is 12.3 Å². The fourth-order valence-electron chi connectivity index (χ4n) is 5.47. The first kappa shape index (κ1) is 24.9. The molecule has 0 atom stereocenters. The standard InChI is InChI=1S/C26H30N12O/c27-10-5-17-6-13-38(14-7-17)26-30-21-15-28-34-25(39)22(21)24(31-26)29-20-3-1-18(2-4-20)16-37-11-8-19(9-12-37)23-32-35-36-33-23/h1-4,15,17,19H,5-9,11-14,16H2,(H,34,39)(H,29,30,31)(H,32,33,35,36). The molecule has 39 heavy (non-hydrogen) atoms. The third-order valence-electron chi connectivity index (χ3n) is 7.72. The van der Waals surface area contributed by atoms with Crippen LogP contribution in [0.1, 0.15) is 49.4 Å². The number of fused-ring (bicyclic) bond motifs is 1. The van der Waals surface area contributed by atoms with Gasteiger partial charge >= 0.3 is 0 Å². The molecule has 13 nitrogen and oxygen atoms in total. The Hall–Kier alpha value is -4.44. The van der Waals surface area contributed by atoms with Crippen LogP contribution in [0.25, 0.3) is 10.9 Å². The van der Waals surface area contributed by atoms with Crippen molar-refractivity contribution in [1.82, 2.24) is 45.7 Å². The predicted octanol–water partition coefficient (Wildman–Crippen LogP) is 2.48. The van der Waals surface area contributed by atoms with Crippen LogP contribution in [0.5, 0.6) is 0 Å². The lowest BCUT2D eigenvalue weighted by Crippen LogP contribution is -2.35. The van der Waals surface area contributed by atoms with E-state index in [0.717, 1.165) is 69.9 Å². The molecule has 0 saturated carbocycles. The number of H-pyrrole nitrogens is 2. The summed E-state index contributed by atoms with van der Waals surface area (Å²) >= 11 is 0. The predicted molar refractivity (Wildman–Crippen MR) is 144 cm³/mol. The number of likely N-dealkylation sites (tertiary alicyclic amines) is 1. The molecule has 0 amide bonds. The number of nitrogens with one attached hydrogen (secondary N) is 3. The Morgan fingerprint density at radius 3 is 2.56 bits per heavy atom. The summed E-state index contributed by atoms with van der Waals surface area (Å²) in [5.74, 6) is 2.59. The van der Waals surface area contributed by atoms with Crippen LogP contribution in [0.2, 0.25) is 0 Å². The van der Waals surface area contributed by atoms with Crippen LogP contribution in [0.3, 0.4) is 0 Å². The van der Waals surface area contributed by atoms with E-state index in [2.05, 4.69) is 69.1 Å². The smallest absolute Gasteiger partial charge is 0.277 e. The molecule has 3 N–H and O–H groups in total. The molecule has 5 heterocycles. The Kier molecular flexibility index (Phi) is 7.09. The molecule has 2 aliphatic rings. The van der Waals surface area contributed by atoms with Gasteiger partial charge in [0.2, 0.25) is 5.95 Å². The SMILES string of the molecule is N#CCC1CCN(c2nc(Nc3ccc(CN4CCC(c5nn[nH]n5)CC4)cc3)c3c(=O)[nH]ncc3n2)CC1. The summed E-state index contributed by atoms with van der Waals surface area (Å²) in [6, 6.07) is 10.5. The van der Waals surface area contributed by atoms with Gasteiger partial charge in [0.15, 0.2) is 5.82 Å². The van der Waals surface area contributed by atoms with Crippen LogP contribution in [-0.4, -0.2) is 71.9 Å². The van der Waals surface area contributed by atoms with Gasteiger partial charge in [-0.25, -0.2) is 10.1 Å². The van der Waals surface area contributed by atoms with E-state index in [-0.39, 0.29) is 5.56 Å². The number of aromatic nitrogens is 8. The van der Waals surface area contributed by atoms with E-state index in [1.807, 2.05) is 12.1 Å². The molecule has 2 fully saturated rings. The van der Waals surface area contributed by atoms with Gasteiger partial charge < -0.3 is 10.2 Å². The lowest BCUT2D eigenvalue weighted by molar-refractivity contribution is 0.201. The van der Waals surface area contributed by atoms with Gasteiger partial charge in [0.1, 0.15) is 16.7 Å². The summed E-state index contributed by atoms with van der Waals surface area (Å²) in [6.07, 6.45) is 6.00. The maximum atomic E-state index is 12.7. The molecule has 2 aliphatic heterocycles. The number of aromatic amines is 2. The Balaban J connectivity index is 1.15. The van der Waals surface area contributed by atoms with E-state index >= 15 is 0 Å². The number of tetrazole rings is 1. The average molecular weight is 527 g/mol. The molecule has 200 valence electrons. The van der Waals surface area contributed by atoms with Crippen molar-refractivity contribution >= 4 is 28.4 Å². The monoisotopic (exact) mass is 526 g/mol. The van der Waals surface area contributed by atoms with Crippen molar-refractivity contribution in [2.75, 3.05) is 36.4 Å². The molecule has 0 bridgehead atoms. The van der Waals surface area contributed by atoms with Gasteiger partial charge in [-0.05, 0) is 62.4 Å². The largest absolute Gasteiger partial charge is 0.341 e. The molecule has 6 rings (SSSR count). The molecule has 0 radical (unpaired) electrons. The van der Waals surface area contributed by atoms with Gasteiger partial charge in [0, 0.05) is 37.7 Å². The van der Waals surface area contributed by atoms with Crippen LogP contribution in [0.4, 0.5) is 17.5 Å². The van der Waals surface area contributed by atoms with Crippen LogP contribution >= 0.6 is 0 Å². The zero-order valence-electron chi connectivity index (χ0n) is 21.5. The first-order valence-corrected chi connectivity index (χ1v) is 13.4. The summed E-state index contributed by atoms with van der Waals surface area (Å²) in [6.45, 7) is 4.38. The number of nitriles is 1. The summed E-state index contributed by atoms with van der Waals surface area (Å²) in [4.78, 5) is 26.6. The highest BCUT2D eigenvalue weighted by Gasteiger charge is 2.24. The summed E-state index contributed by atoms with van der Waals surface area (Å²) in [5, 5.41) is 33.7. The Morgan fingerprint density at radius 2 is 1.85 bits per heavy atom. The number of benzene rings is 1. The van der Waals surface area contributed by atoms with E-state index in [4.69, 9.17) is 10.2 Å². The normalized spacial score (nSPS) is 17.4. The molecule has 4 aromatic rings. The van der Waals surface area contributed by atoms with Crippen molar-refractivity contribution in [3.8, 4) is 6.07 Å². The van der Waals surface area contributed by atoms with Crippen LogP contribution in [0, 0.1) is 17.2 Å². The van der Waals surface area contributed by atoms with Gasteiger partial charge in [-0.15, -0.1) is 10.2 Å². The molecule has 0 aliphatic carbocycles. The summed E-state index contributed by atoms with van der Waals surface area (Å²) in [5.41, 5.74) is 2.21. The Morgan fingerprint density at radius 1 is 1.05 bits per heavy atom. The minimum absolute atomic E-state index is 0.338.